The van der Waals surface area contributed by atoms with Crippen molar-refractivity contribution in [3.05, 3.63) is 0 Å². The molecule has 1 amide bonds. The summed E-state index contributed by atoms with van der Waals surface area (Å²) in [6.07, 6.45) is 2.49. The van der Waals surface area contributed by atoms with Gasteiger partial charge >= 0.3 is 0 Å². The first kappa shape index (κ1) is 15.4. The quantitative estimate of drug-likeness (QED) is 0.719. The van der Waals surface area contributed by atoms with Gasteiger partial charge in [0.1, 0.15) is 0 Å². The van der Waals surface area contributed by atoms with Crippen LogP contribution in [0.15, 0.2) is 0 Å². The van der Waals surface area contributed by atoms with E-state index < -0.39 is 0 Å². The van der Waals surface area contributed by atoms with E-state index in [9.17, 15) is 4.79 Å². The fourth-order valence-corrected chi connectivity index (χ4v) is 2.21. The van der Waals surface area contributed by atoms with Crippen molar-refractivity contribution in [2.24, 2.45) is 5.92 Å². The number of hydrogen-bond acceptors (Lipinski definition) is 3. The number of nitrogens with one attached hydrogen (secondary N) is 2. The Morgan fingerprint density at radius 3 is 2.61 bits per heavy atom. The van der Waals surface area contributed by atoms with Gasteiger partial charge in [0, 0.05) is 25.2 Å². The summed E-state index contributed by atoms with van der Waals surface area (Å²) in [5, 5.41) is 6.48. The van der Waals surface area contributed by atoms with Crippen molar-refractivity contribution in [1.29, 1.82) is 0 Å². The molecule has 18 heavy (non-hydrogen) atoms. The standard InChI is InChI=1S/C14H29N3O/c1-11(2)8-16-14(18)10-17(12(3)4)9-13-6-5-7-15-13/h11-13,15H,5-10H2,1-4H3,(H,16,18). The highest BCUT2D eigenvalue weighted by Gasteiger charge is 2.21. The van der Waals surface area contributed by atoms with E-state index in [0.717, 1.165) is 19.6 Å². The molecule has 0 bridgehead atoms. The van der Waals surface area contributed by atoms with Gasteiger partial charge in [0.05, 0.1) is 6.54 Å². The predicted octanol–water partition coefficient (Wildman–Crippen LogP) is 1.22. The predicted molar refractivity (Wildman–Crippen MR) is 75.6 cm³/mol. The summed E-state index contributed by atoms with van der Waals surface area (Å²) in [5.41, 5.74) is 0. The molecule has 2 N–H and O–H groups in total. The summed E-state index contributed by atoms with van der Waals surface area (Å²) in [4.78, 5) is 14.1. The van der Waals surface area contributed by atoms with E-state index in [4.69, 9.17) is 0 Å². The third-order valence-corrected chi connectivity index (χ3v) is 3.40. The van der Waals surface area contributed by atoms with Gasteiger partial charge in [-0.1, -0.05) is 13.8 Å². The molecule has 1 saturated heterocycles. The Morgan fingerprint density at radius 1 is 1.39 bits per heavy atom. The molecular weight excluding hydrogens is 226 g/mol. The van der Waals surface area contributed by atoms with Crippen molar-refractivity contribution in [2.75, 3.05) is 26.2 Å². The van der Waals surface area contributed by atoms with Crippen LogP contribution in [0.5, 0.6) is 0 Å². The molecule has 1 rings (SSSR count). The second kappa shape index (κ2) is 7.74. The number of amides is 1. The molecule has 0 saturated carbocycles. The Balaban J connectivity index is 2.34. The van der Waals surface area contributed by atoms with E-state index in [1.54, 1.807) is 0 Å². The zero-order valence-corrected chi connectivity index (χ0v) is 12.3. The van der Waals surface area contributed by atoms with Gasteiger partial charge in [-0.3, -0.25) is 9.69 Å². The van der Waals surface area contributed by atoms with Crippen LogP contribution in [0, 0.1) is 5.92 Å². The summed E-state index contributed by atoms with van der Waals surface area (Å²) in [6, 6.07) is 0.975. The van der Waals surface area contributed by atoms with Crippen molar-refractivity contribution < 1.29 is 4.79 Å². The van der Waals surface area contributed by atoms with E-state index >= 15 is 0 Å². The zero-order valence-electron chi connectivity index (χ0n) is 12.3. The second-order valence-corrected chi connectivity index (χ2v) is 6.01. The van der Waals surface area contributed by atoms with Crippen LogP contribution in [0.2, 0.25) is 0 Å². The fourth-order valence-electron chi connectivity index (χ4n) is 2.21. The molecule has 4 nitrogen and oxygen atoms in total. The van der Waals surface area contributed by atoms with Crippen molar-refractivity contribution >= 4 is 5.91 Å². The van der Waals surface area contributed by atoms with Crippen molar-refractivity contribution in [3.8, 4) is 0 Å². The van der Waals surface area contributed by atoms with Crippen LogP contribution in [-0.4, -0.2) is 49.1 Å². The van der Waals surface area contributed by atoms with Crippen LogP contribution in [0.1, 0.15) is 40.5 Å². The van der Waals surface area contributed by atoms with Crippen LogP contribution >= 0.6 is 0 Å². The highest BCUT2D eigenvalue weighted by molar-refractivity contribution is 5.78. The molecule has 1 aliphatic heterocycles. The van der Waals surface area contributed by atoms with Gasteiger partial charge in [-0.25, -0.2) is 0 Å². The summed E-state index contributed by atoms with van der Waals surface area (Å²) in [7, 11) is 0. The Morgan fingerprint density at radius 2 is 2.11 bits per heavy atom. The maximum Gasteiger partial charge on any atom is 0.234 e. The van der Waals surface area contributed by atoms with Gasteiger partial charge in [-0.05, 0) is 39.2 Å². The van der Waals surface area contributed by atoms with Gasteiger partial charge in [0.2, 0.25) is 5.91 Å². The average molecular weight is 255 g/mol. The maximum absolute atomic E-state index is 11.9. The average Bonchev–Trinajstić information content (AvgIpc) is 2.78. The molecule has 1 atom stereocenters. The minimum atomic E-state index is 0.149. The highest BCUT2D eigenvalue weighted by atomic mass is 16.2. The summed E-state index contributed by atoms with van der Waals surface area (Å²) in [5.74, 6) is 0.661. The lowest BCUT2D eigenvalue weighted by Crippen LogP contribution is -2.46. The van der Waals surface area contributed by atoms with Crippen molar-refractivity contribution in [2.45, 2.75) is 52.6 Å². The molecule has 4 heteroatoms. The van der Waals surface area contributed by atoms with E-state index in [1.807, 2.05) is 0 Å². The minimum absolute atomic E-state index is 0.149. The molecule has 1 aliphatic rings. The normalized spacial score (nSPS) is 20.1. The number of carbonyl (C=O) groups is 1. The van der Waals surface area contributed by atoms with Crippen LogP contribution in [0.3, 0.4) is 0 Å². The third-order valence-electron chi connectivity index (χ3n) is 3.40. The lowest BCUT2D eigenvalue weighted by molar-refractivity contribution is -0.122. The zero-order chi connectivity index (χ0) is 13.5. The molecule has 1 fully saturated rings. The first-order valence-corrected chi connectivity index (χ1v) is 7.23. The summed E-state index contributed by atoms with van der Waals surface area (Å²) in [6.45, 7) is 11.9. The van der Waals surface area contributed by atoms with Crippen LogP contribution in [0.25, 0.3) is 0 Å². The largest absolute Gasteiger partial charge is 0.355 e. The molecular formula is C14H29N3O. The number of hydrogen-bond donors (Lipinski definition) is 2. The van der Waals surface area contributed by atoms with E-state index in [2.05, 4.69) is 43.2 Å². The molecule has 1 heterocycles. The van der Waals surface area contributed by atoms with Gasteiger partial charge in [-0.15, -0.1) is 0 Å². The van der Waals surface area contributed by atoms with Crippen LogP contribution in [0.4, 0.5) is 0 Å². The lowest BCUT2D eigenvalue weighted by atomic mass is 10.2. The van der Waals surface area contributed by atoms with Gasteiger partial charge in [0.25, 0.3) is 0 Å². The Bertz CT molecular complexity index is 247. The smallest absolute Gasteiger partial charge is 0.234 e. The Kier molecular flexibility index (Phi) is 6.65. The molecule has 0 radical (unpaired) electrons. The van der Waals surface area contributed by atoms with E-state index in [0.29, 0.717) is 24.5 Å². The number of carbonyl (C=O) groups excluding carboxylic acids is 1. The van der Waals surface area contributed by atoms with Crippen molar-refractivity contribution in [3.63, 3.8) is 0 Å². The second-order valence-electron chi connectivity index (χ2n) is 6.01. The molecule has 0 aromatic heterocycles. The first-order chi connectivity index (χ1) is 8.49. The fraction of sp³-hybridized carbons (Fsp3) is 0.929. The Hall–Kier alpha value is -0.610. The van der Waals surface area contributed by atoms with E-state index in [-0.39, 0.29) is 5.91 Å². The van der Waals surface area contributed by atoms with Gasteiger partial charge < -0.3 is 10.6 Å². The monoisotopic (exact) mass is 255 g/mol. The number of rotatable bonds is 7. The highest BCUT2D eigenvalue weighted by Crippen LogP contribution is 2.09. The van der Waals surface area contributed by atoms with Crippen LogP contribution < -0.4 is 10.6 Å². The number of nitrogens with zero attached hydrogens (tertiary/aromatic N) is 1. The molecule has 0 aliphatic carbocycles. The minimum Gasteiger partial charge on any atom is -0.355 e. The molecule has 1 unspecified atom stereocenters. The maximum atomic E-state index is 11.9. The Labute approximate surface area is 111 Å². The topological polar surface area (TPSA) is 44.4 Å². The van der Waals surface area contributed by atoms with E-state index in [1.165, 1.54) is 12.8 Å². The molecule has 0 aromatic carbocycles. The summed E-state index contributed by atoms with van der Waals surface area (Å²) >= 11 is 0. The van der Waals surface area contributed by atoms with Gasteiger partial charge in [-0.2, -0.15) is 0 Å². The first-order valence-electron chi connectivity index (χ1n) is 7.23. The van der Waals surface area contributed by atoms with Gasteiger partial charge in [0.15, 0.2) is 0 Å². The van der Waals surface area contributed by atoms with Crippen LogP contribution in [-0.2, 0) is 4.79 Å². The SMILES string of the molecule is CC(C)CNC(=O)CN(CC1CCCN1)C(C)C. The molecule has 0 aromatic rings. The summed E-state index contributed by atoms with van der Waals surface area (Å²) < 4.78 is 0. The molecule has 106 valence electrons. The lowest BCUT2D eigenvalue weighted by Gasteiger charge is -2.28. The third kappa shape index (κ3) is 5.83. The molecule has 0 spiro atoms. The van der Waals surface area contributed by atoms with Crippen molar-refractivity contribution in [1.82, 2.24) is 15.5 Å².